The lowest BCUT2D eigenvalue weighted by molar-refractivity contribution is -0.135. The number of ketones is 1. The summed E-state index contributed by atoms with van der Waals surface area (Å²) in [5.41, 5.74) is 1.41. The largest absolute Gasteiger partial charge is 0.462 e. The molecular weight excluding hydrogens is 336 g/mol. The highest BCUT2D eigenvalue weighted by atomic mass is 16.5. The molecule has 2 amide bonds. The number of benzene rings is 1. The lowest BCUT2D eigenvalue weighted by Gasteiger charge is -2.34. The monoisotopic (exact) mass is 356 g/mol. The van der Waals surface area contributed by atoms with Gasteiger partial charge in [-0.2, -0.15) is 0 Å². The van der Waals surface area contributed by atoms with Crippen LogP contribution in [0.5, 0.6) is 0 Å². The van der Waals surface area contributed by atoms with Crippen LogP contribution in [0.25, 0.3) is 0 Å². The molecule has 1 aromatic rings. The molecule has 1 saturated heterocycles. The van der Waals surface area contributed by atoms with Gasteiger partial charge < -0.3 is 15.4 Å². The minimum atomic E-state index is -0.729. The molecule has 0 unspecified atom stereocenters. The van der Waals surface area contributed by atoms with Crippen molar-refractivity contribution < 1.29 is 23.9 Å². The summed E-state index contributed by atoms with van der Waals surface area (Å²) in [6, 6.07) is 6.29. The van der Waals surface area contributed by atoms with E-state index in [1.165, 1.54) is 0 Å². The van der Waals surface area contributed by atoms with Crippen molar-refractivity contribution in [3.63, 3.8) is 0 Å². The third kappa shape index (κ3) is 3.66. The molecule has 2 atom stereocenters. The molecule has 2 N–H and O–H groups in total. The number of amides is 2. The van der Waals surface area contributed by atoms with Gasteiger partial charge in [-0.3, -0.25) is 14.4 Å². The van der Waals surface area contributed by atoms with E-state index in [2.05, 4.69) is 10.6 Å². The molecule has 0 saturated carbocycles. The Kier molecular flexibility index (Phi) is 5.16. The van der Waals surface area contributed by atoms with E-state index in [9.17, 15) is 19.2 Å². The van der Waals surface area contributed by atoms with E-state index in [4.69, 9.17) is 4.74 Å². The van der Waals surface area contributed by atoms with Crippen molar-refractivity contribution in [3.05, 3.63) is 41.6 Å². The van der Waals surface area contributed by atoms with E-state index in [0.717, 1.165) is 0 Å². The van der Waals surface area contributed by atoms with Crippen LogP contribution in [0.1, 0.15) is 36.5 Å². The molecule has 7 nitrogen and oxygen atoms in total. The van der Waals surface area contributed by atoms with Gasteiger partial charge in [-0.1, -0.05) is 6.08 Å². The Labute approximate surface area is 150 Å². The fourth-order valence-corrected chi connectivity index (χ4v) is 3.31. The molecule has 26 heavy (non-hydrogen) atoms. The molecule has 0 spiro atoms. The zero-order chi connectivity index (χ0) is 18.7. The number of hydrogen-bond acceptors (Lipinski definition) is 5. The average molecular weight is 356 g/mol. The number of hydrogen-bond donors (Lipinski definition) is 2. The maximum absolute atomic E-state index is 12.7. The van der Waals surface area contributed by atoms with Gasteiger partial charge >= 0.3 is 5.97 Å². The maximum atomic E-state index is 12.7. The maximum Gasteiger partial charge on any atom is 0.338 e. The van der Waals surface area contributed by atoms with Crippen LogP contribution in [0.2, 0.25) is 0 Å². The van der Waals surface area contributed by atoms with Crippen molar-refractivity contribution in [1.82, 2.24) is 5.32 Å². The number of carbonyl (C=O) groups excluding carboxylic acids is 4. The Bertz CT molecular complexity index is 782. The number of esters is 1. The molecule has 0 bridgehead atoms. The smallest absolute Gasteiger partial charge is 0.338 e. The second-order valence-electron chi connectivity index (χ2n) is 6.29. The van der Waals surface area contributed by atoms with Crippen molar-refractivity contribution in [2.45, 2.75) is 26.2 Å². The Morgan fingerprint density at radius 1 is 1.23 bits per heavy atom. The Morgan fingerprint density at radius 2 is 1.96 bits per heavy atom. The van der Waals surface area contributed by atoms with E-state index < -0.39 is 17.8 Å². The van der Waals surface area contributed by atoms with Crippen LogP contribution in [0.15, 0.2) is 36.0 Å². The summed E-state index contributed by atoms with van der Waals surface area (Å²) in [5.74, 6) is -2.43. The number of nitrogens with one attached hydrogen (secondary N) is 2. The van der Waals surface area contributed by atoms with Crippen LogP contribution in [-0.2, 0) is 19.1 Å². The van der Waals surface area contributed by atoms with E-state index in [1.807, 2.05) is 6.08 Å². The Balaban J connectivity index is 1.73. The van der Waals surface area contributed by atoms with Crippen molar-refractivity contribution >= 4 is 29.3 Å². The number of piperidine rings is 1. The fraction of sp³-hybridized carbons (Fsp3) is 0.368. The van der Waals surface area contributed by atoms with Crippen LogP contribution in [0, 0.1) is 11.8 Å². The standard InChI is InChI=1S/C19H20N2O5/c1-2-26-19(25)11-6-8-12(9-7-11)20-18(24)13-10-16(23)21-14-4-3-5-15(22)17(13)14/h4,6-9,13,17H,2-3,5,10H2,1H3,(H,20,24)(H,21,23)/t13-,17-/m0/s1. The van der Waals surface area contributed by atoms with E-state index in [1.54, 1.807) is 31.2 Å². The highest BCUT2D eigenvalue weighted by molar-refractivity contribution is 6.02. The van der Waals surface area contributed by atoms with Gasteiger partial charge in [0.2, 0.25) is 11.8 Å². The second-order valence-corrected chi connectivity index (χ2v) is 6.29. The quantitative estimate of drug-likeness (QED) is 0.801. The molecule has 2 aliphatic rings. The van der Waals surface area contributed by atoms with Crippen LogP contribution in [-0.4, -0.2) is 30.2 Å². The van der Waals surface area contributed by atoms with Crippen LogP contribution in [0.4, 0.5) is 5.69 Å². The lowest BCUT2D eigenvalue weighted by atomic mass is 9.76. The molecule has 1 heterocycles. The van der Waals surface area contributed by atoms with Gasteiger partial charge in [-0.05, 0) is 37.6 Å². The van der Waals surface area contributed by atoms with E-state index in [0.29, 0.717) is 29.8 Å². The SMILES string of the molecule is CCOC(=O)c1ccc(NC(=O)[C@H]2CC(=O)NC3=CCCC(=O)[C@H]32)cc1. The van der Waals surface area contributed by atoms with E-state index >= 15 is 0 Å². The van der Waals surface area contributed by atoms with Gasteiger partial charge in [0, 0.05) is 24.2 Å². The minimum Gasteiger partial charge on any atom is -0.462 e. The first-order valence-electron chi connectivity index (χ1n) is 8.60. The fourth-order valence-electron chi connectivity index (χ4n) is 3.31. The molecule has 3 rings (SSSR count). The molecule has 0 radical (unpaired) electrons. The van der Waals surface area contributed by atoms with Gasteiger partial charge in [0.1, 0.15) is 5.78 Å². The molecule has 1 aliphatic heterocycles. The Hall–Kier alpha value is -2.96. The average Bonchev–Trinajstić information content (AvgIpc) is 2.61. The zero-order valence-corrected chi connectivity index (χ0v) is 14.4. The molecule has 0 aromatic heterocycles. The summed E-state index contributed by atoms with van der Waals surface area (Å²) < 4.78 is 4.91. The normalized spacial score (nSPS) is 22.0. The van der Waals surface area contributed by atoms with Crippen molar-refractivity contribution in [1.29, 1.82) is 0 Å². The number of carbonyl (C=O) groups is 4. The van der Waals surface area contributed by atoms with Crippen LogP contribution in [0.3, 0.4) is 0 Å². The van der Waals surface area contributed by atoms with Crippen molar-refractivity contribution in [3.8, 4) is 0 Å². The summed E-state index contributed by atoms with van der Waals surface area (Å²) in [7, 11) is 0. The highest BCUT2D eigenvalue weighted by Crippen LogP contribution is 2.33. The summed E-state index contributed by atoms with van der Waals surface area (Å²) in [6.07, 6.45) is 2.74. The number of fused-ring (bicyclic) bond motifs is 1. The molecule has 7 heteroatoms. The number of rotatable bonds is 4. The third-order valence-electron chi connectivity index (χ3n) is 4.53. The van der Waals surface area contributed by atoms with Crippen LogP contribution < -0.4 is 10.6 Å². The minimum absolute atomic E-state index is 0.0273. The van der Waals surface area contributed by atoms with Gasteiger partial charge in [-0.25, -0.2) is 4.79 Å². The third-order valence-corrected chi connectivity index (χ3v) is 4.53. The highest BCUT2D eigenvalue weighted by Gasteiger charge is 2.42. The molecule has 1 fully saturated rings. The topological polar surface area (TPSA) is 102 Å². The Morgan fingerprint density at radius 3 is 2.65 bits per heavy atom. The van der Waals surface area contributed by atoms with Gasteiger partial charge in [0.15, 0.2) is 0 Å². The zero-order valence-electron chi connectivity index (χ0n) is 14.4. The molecular formula is C19H20N2O5. The first-order chi connectivity index (χ1) is 12.5. The molecule has 1 aliphatic carbocycles. The summed E-state index contributed by atoms with van der Waals surface area (Å²) in [6.45, 7) is 2.01. The second kappa shape index (κ2) is 7.51. The number of ether oxygens (including phenoxy) is 1. The first-order valence-corrected chi connectivity index (χ1v) is 8.60. The summed E-state index contributed by atoms with van der Waals surface area (Å²) in [5, 5.41) is 5.43. The molecule has 136 valence electrons. The predicted octanol–water partition coefficient (Wildman–Crippen LogP) is 1.80. The molecule has 1 aromatic carbocycles. The van der Waals surface area contributed by atoms with Gasteiger partial charge in [0.05, 0.1) is 24.0 Å². The summed E-state index contributed by atoms with van der Waals surface area (Å²) >= 11 is 0. The van der Waals surface area contributed by atoms with Crippen molar-refractivity contribution in [2.75, 3.05) is 11.9 Å². The number of Topliss-reactive ketones (excluding diaryl/α,β-unsaturated/α-hetero) is 1. The van der Waals surface area contributed by atoms with Crippen LogP contribution >= 0.6 is 0 Å². The summed E-state index contributed by atoms with van der Waals surface area (Å²) in [4.78, 5) is 48.5. The number of allylic oxidation sites excluding steroid dienone is 2. The van der Waals surface area contributed by atoms with Crippen molar-refractivity contribution in [2.24, 2.45) is 11.8 Å². The first kappa shape index (κ1) is 17.8. The van der Waals surface area contributed by atoms with Gasteiger partial charge in [0.25, 0.3) is 0 Å². The number of anilines is 1. The lowest BCUT2D eigenvalue weighted by Crippen LogP contribution is -2.47. The predicted molar refractivity (Wildman–Crippen MR) is 93.1 cm³/mol. The van der Waals surface area contributed by atoms with Gasteiger partial charge in [-0.15, -0.1) is 0 Å². The van der Waals surface area contributed by atoms with E-state index in [-0.39, 0.29) is 30.6 Å².